The molecule has 4 nitrogen and oxygen atoms in total. The second-order valence-corrected chi connectivity index (χ2v) is 8.25. The van der Waals surface area contributed by atoms with Crippen molar-refractivity contribution in [2.24, 2.45) is 0 Å². The molecule has 1 N–H and O–H groups in total. The number of thiophene rings is 1. The Morgan fingerprint density at radius 3 is 2.42 bits per heavy atom. The smallest absolute Gasteiger partial charge is 0.178 e. The summed E-state index contributed by atoms with van der Waals surface area (Å²) in [6.07, 6.45) is 0. The minimum Gasteiger partial charge on any atom is -0.395 e. The van der Waals surface area contributed by atoms with Gasteiger partial charge in [-0.1, -0.05) is 0 Å². The quantitative estimate of drug-likeness (QED) is 0.753. The Morgan fingerprint density at radius 2 is 1.89 bits per heavy atom. The predicted molar refractivity (Wildman–Crippen MR) is 84.0 cm³/mol. The van der Waals surface area contributed by atoms with Crippen LogP contribution in [0.3, 0.4) is 0 Å². The van der Waals surface area contributed by atoms with Gasteiger partial charge >= 0.3 is 0 Å². The van der Waals surface area contributed by atoms with E-state index < -0.39 is 0 Å². The van der Waals surface area contributed by atoms with Crippen LogP contribution in [-0.4, -0.2) is 66.6 Å². The van der Waals surface area contributed by atoms with E-state index in [9.17, 15) is 4.79 Å². The number of ketones is 1. The molecule has 1 aromatic heterocycles. The first-order valence-corrected chi connectivity index (χ1v) is 8.54. The van der Waals surface area contributed by atoms with Crippen molar-refractivity contribution in [3.8, 4) is 0 Å². The van der Waals surface area contributed by atoms with Crippen LogP contribution in [0, 0.1) is 0 Å². The number of halogens is 2. The Kier molecular flexibility index (Phi) is 5.98. The van der Waals surface area contributed by atoms with E-state index in [2.05, 4.69) is 41.7 Å². The van der Waals surface area contributed by atoms with E-state index in [0.29, 0.717) is 6.54 Å². The van der Waals surface area contributed by atoms with Gasteiger partial charge in [-0.2, -0.15) is 0 Å². The van der Waals surface area contributed by atoms with Crippen molar-refractivity contribution in [2.45, 2.75) is 0 Å². The molecule has 0 atom stereocenters. The van der Waals surface area contributed by atoms with Crippen molar-refractivity contribution >= 4 is 49.0 Å². The lowest BCUT2D eigenvalue weighted by Crippen LogP contribution is -2.48. The van der Waals surface area contributed by atoms with Crippen LogP contribution in [0.5, 0.6) is 0 Å². The lowest BCUT2D eigenvalue weighted by molar-refractivity contribution is 0.0822. The third kappa shape index (κ3) is 4.34. The van der Waals surface area contributed by atoms with Gasteiger partial charge in [0.05, 0.1) is 20.7 Å². The van der Waals surface area contributed by atoms with Gasteiger partial charge in [0.15, 0.2) is 5.78 Å². The van der Waals surface area contributed by atoms with Gasteiger partial charge in [0.1, 0.15) is 0 Å². The normalized spacial score (nSPS) is 17.8. The monoisotopic (exact) mass is 410 g/mol. The number of hydrogen-bond donors (Lipinski definition) is 1. The third-order valence-electron chi connectivity index (χ3n) is 3.21. The maximum Gasteiger partial charge on any atom is 0.178 e. The average molecular weight is 412 g/mol. The zero-order chi connectivity index (χ0) is 13.8. The Hall–Kier alpha value is 0.210. The van der Waals surface area contributed by atoms with Gasteiger partial charge in [0.2, 0.25) is 0 Å². The van der Waals surface area contributed by atoms with Crippen LogP contribution < -0.4 is 0 Å². The summed E-state index contributed by atoms with van der Waals surface area (Å²) in [5, 5.41) is 8.89. The van der Waals surface area contributed by atoms with Crippen molar-refractivity contribution in [1.82, 2.24) is 9.80 Å². The number of aliphatic hydroxyl groups is 1. The lowest BCUT2D eigenvalue weighted by atomic mass is 10.2. The zero-order valence-electron chi connectivity index (χ0n) is 10.4. The summed E-state index contributed by atoms with van der Waals surface area (Å²) < 4.78 is 1.86. The molecule has 1 fully saturated rings. The van der Waals surface area contributed by atoms with E-state index in [0.717, 1.165) is 45.9 Å². The summed E-state index contributed by atoms with van der Waals surface area (Å²) in [5.74, 6) is 0.157. The molecule has 2 rings (SSSR count). The maximum atomic E-state index is 12.2. The molecular formula is C12H16Br2N2O2S. The minimum atomic E-state index is 0.157. The number of carbonyl (C=O) groups is 1. The number of carbonyl (C=O) groups excluding carboxylic acids is 1. The summed E-state index contributed by atoms with van der Waals surface area (Å²) in [4.78, 5) is 16.6. The Morgan fingerprint density at radius 1 is 1.26 bits per heavy atom. The SMILES string of the molecule is O=C(CN1CCN(CCO)CC1)c1cc(Br)sc1Br. The predicted octanol–water partition coefficient (Wildman–Crippen LogP) is 2.07. The van der Waals surface area contributed by atoms with Crippen molar-refractivity contribution in [1.29, 1.82) is 0 Å². The largest absolute Gasteiger partial charge is 0.395 e. The van der Waals surface area contributed by atoms with Gasteiger partial charge in [-0.3, -0.25) is 14.6 Å². The molecule has 2 heterocycles. The Bertz CT molecular complexity index is 445. The molecule has 0 spiro atoms. The molecule has 0 radical (unpaired) electrons. The van der Waals surface area contributed by atoms with Gasteiger partial charge in [-0.15, -0.1) is 11.3 Å². The fourth-order valence-electron chi connectivity index (χ4n) is 2.13. The van der Waals surface area contributed by atoms with Crippen molar-refractivity contribution < 1.29 is 9.90 Å². The summed E-state index contributed by atoms with van der Waals surface area (Å²) in [5.41, 5.74) is 0.759. The van der Waals surface area contributed by atoms with Crippen LogP contribution in [0.15, 0.2) is 13.6 Å². The van der Waals surface area contributed by atoms with E-state index in [4.69, 9.17) is 5.11 Å². The number of piperazine rings is 1. The van der Waals surface area contributed by atoms with E-state index in [1.165, 1.54) is 11.3 Å². The fraction of sp³-hybridized carbons (Fsp3) is 0.583. The second kappa shape index (κ2) is 7.28. The van der Waals surface area contributed by atoms with Crippen LogP contribution in [0.4, 0.5) is 0 Å². The van der Waals surface area contributed by atoms with Crippen LogP contribution in [0.1, 0.15) is 10.4 Å². The summed E-state index contributed by atoms with van der Waals surface area (Å²) in [6.45, 7) is 5.00. The van der Waals surface area contributed by atoms with E-state index in [1.54, 1.807) is 0 Å². The molecule has 1 aliphatic heterocycles. The first-order valence-electron chi connectivity index (χ1n) is 6.13. The molecule has 7 heteroatoms. The van der Waals surface area contributed by atoms with Gasteiger partial charge in [0.25, 0.3) is 0 Å². The average Bonchev–Trinajstić information content (AvgIpc) is 2.71. The first-order chi connectivity index (χ1) is 9.10. The van der Waals surface area contributed by atoms with E-state index >= 15 is 0 Å². The Balaban J connectivity index is 1.85. The maximum absolute atomic E-state index is 12.2. The zero-order valence-corrected chi connectivity index (χ0v) is 14.4. The van der Waals surface area contributed by atoms with Crippen LogP contribution in [0.2, 0.25) is 0 Å². The lowest BCUT2D eigenvalue weighted by Gasteiger charge is -2.33. The first kappa shape index (κ1) is 15.6. The van der Waals surface area contributed by atoms with Crippen molar-refractivity contribution in [3.63, 3.8) is 0 Å². The highest BCUT2D eigenvalue weighted by atomic mass is 79.9. The minimum absolute atomic E-state index is 0.157. The molecule has 1 aromatic rings. The van der Waals surface area contributed by atoms with Crippen LogP contribution in [0.25, 0.3) is 0 Å². The second-order valence-electron chi connectivity index (χ2n) is 4.50. The van der Waals surface area contributed by atoms with E-state index in [-0.39, 0.29) is 12.4 Å². The number of rotatable bonds is 5. The number of nitrogens with zero attached hydrogens (tertiary/aromatic N) is 2. The summed E-state index contributed by atoms with van der Waals surface area (Å²) >= 11 is 8.34. The van der Waals surface area contributed by atoms with Crippen molar-refractivity contribution in [3.05, 3.63) is 19.2 Å². The number of hydrogen-bond acceptors (Lipinski definition) is 5. The van der Waals surface area contributed by atoms with Gasteiger partial charge in [-0.05, 0) is 37.9 Å². The molecule has 0 amide bonds. The molecule has 0 saturated carbocycles. The highest BCUT2D eigenvalue weighted by molar-refractivity contribution is 9.12. The van der Waals surface area contributed by atoms with Gasteiger partial charge in [-0.25, -0.2) is 0 Å². The topological polar surface area (TPSA) is 43.8 Å². The standard InChI is InChI=1S/C12H16Br2N2O2S/c13-11-7-9(12(14)19-11)10(18)8-16-3-1-15(2-4-16)5-6-17/h7,17H,1-6,8H2. The highest BCUT2D eigenvalue weighted by Gasteiger charge is 2.21. The molecule has 0 aromatic carbocycles. The number of Topliss-reactive ketones (excluding diaryl/α,β-unsaturated/α-hetero) is 1. The molecule has 1 saturated heterocycles. The van der Waals surface area contributed by atoms with Crippen molar-refractivity contribution in [2.75, 3.05) is 45.9 Å². The molecule has 19 heavy (non-hydrogen) atoms. The fourth-order valence-corrected chi connectivity index (χ4v) is 4.99. The van der Waals surface area contributed by atoms with Crippen LogP contribution >= 0.6 is 43.2 Å². The molecular weight excluding hydrogens is 396 g/mol. The van der Waals surface area contributed by atoms with E-state index in [1.807, 2.05) is 6.07 Å². The molecule has 1 aliphatic rings. The summed E-state index contributed by atoms with van der Waals surface area (Å²) in [6, 6.07) is 1.87. The third-order valence-corrected chi connectivity index (χ3v) is 5.54. The number of β-amino-alcohol motifs (C(OH)–C–C–N with tert-alkyl or cyclic N) is 1. The van der Waals surface area contributed by atoms with Gasteiger partial charge in [0, 0.05) is 38.3 Å². The highest BCUT2D eigenvalue weighted by Crippen LogP contribution is 2.32. The molecule has 0 bridgehead atoms. The number of aliphatic hydroxyl groups excluding tert-OH is 1. The molecule has 106 valence electrons. The van der Waals surface area contributed by atoms with Crippen LogP contribution in [-0.2, 0) is 0 Å². The van der Waals surface area contributed by atoms with Gasteiger partial charge < -0.3 is 5.11 Å². The molecule has 0 aliphatic carbocycles. The summed E-state index contributed by atoms with van der Waals surface area (Å²) in [7, 11) is 0. The molecule has 0 unspecified atom stereocenters. The Labute approximate surface area is 133 Å².